The van der Waals surface area contributed by atoms with Crippen LogP contribution in [0.25, 0.3) is 0 Å². The molecule has 1 rings (SSSR count). The summed E-state index contributed by atoms with van der Waals surface area (Å²) in [5.41, 5.74) is 2.55. The summed E-state index contributed by atoms with van der Waals surface area (Å²) >= 11 is 0. The van der Waals surface area contributed by atoms with Crippen molar-refractivity contribution >= 4 is 0 Å². The van der Waals surface area contributed by atoms with Crippen LogP contribution in [0.1, 0.15) is 57.3 Å². The van der Waals surface area contributed by atoms with Crippen LogP contribution in [-0.2, 0) is 6.54 Å². The molecule has 1 atom stereocenters. The number of aryl methyl sites for hydroxylation is 2. The highest BCUT2D eigenvalue weighted by molar-refractivity contribution is 5.13. The molecule has 2 heteroatoms. The first-order chi connectivity index (χ1) is 6.69. The zero-order valence-electron chi connectivity index (χ0n) is 9.88. The third-order valence-electron chi connectivity index (χ3n) is 2.77. The molecule has 1 heterocycles. The van der Waals surface area contributed by atoms with Crippen LogP contribution in [0.5, 0.6) is 0 Å². The second-order valence-corrected chi connectivity index (χ2v) is 4.10. The van der Waals surface area contributed by atoms with Crippen molar-refractivity contribution in [1.82, 2.24) is 9.78 Å². The van der Waals surface area contributed by atoms with Gasteiger partial charge in [-0.3, -0.25) is 4.68 Å². The van der Waals surface area contributed by atoms with Gasteiger partial charge in [0, 0.05) is 12.2 Å². The minimum atomic E-state index is 0.632. The number of unbranched alkanes of at least 4 members (excludes halogenated alkanes) is 1. The number of hydrogen-bond acceptors (Lipinski definition) is 1. The van der Waals surface area contributed by atoms with Gasteiger partial charge in [0.15, 0.2) is 0 Å². The van der Waals surface area contributed by atoms with E-state index in [0.29, 0.717) is 5.92 Å². The van der Waals surface area contributed by atoms with Crippen LogP contribution in [0.2, 0.25) is 0 Å². The van der Waals surface area contributed by atoms with Crippen molar-refractivity contribution in [3.8, 4) is 0 Å². The number of aromatic nitrogens is 2. The molecule has 0 N–H and O–H groups in total. The molecule has 1 aromatic heterocycles. The maximum Gasteiger partial charge on any atom is 0.0596 e. The highest BCUT2D eigenvalue weighted by Crippen LogP contribution is 2.19. The highest BCUT2D eigenvalue weighted by Gasteiger charge is 2.10. The molecule has 1 unspecified atom stereocenters. The van der Waals surface area contributed by atoms with Crippen LogP contribution < -0.4 is 0 Å². The maximum absolute atomic E-state index is 4.53. The Bertz CT molecular complexity index is 276. The molecule has 0 aliphatic rings. The van der Waals surface area contributed by atoms with Gasteiger partial charge in [-0.2, -0.15) is 5.10 Å². The van der Waals surface area contributed by atoms with Gasteiger partial charge in [-0.05, 0) is 31.7 Å². The van der Waals surface area contributed by atoms with Crippen LogP contribution >= 0.6 is 0 Å². The van der Waals surface area contributed by atoms with Gasteiger partial charge < -0.3 is 0 Å². The monoisotopic (exact) mass is 194 g/mol. The zero-order valence-corrected chi connectivity index (χ0v) is 9.88. The number of hydrogen-bond donors (Lipinski definition) is 0. The third-order valence-corrected chi connectivity index (χ3v) is 2.77. The van der Waals surface area contributed by atoms with E-state index in [1.54, 1.807) is 0 Å². The lowest BCUT2D eigenvalue weighted by Gasteiger charge is -2.11. The molecule has 0 saturated carbocycles. The molecule has 2 nitrogen and oxygen atoms in total. The predicted octanol–water partition coefficient (Wildman–Crippen LogP) is 3.51. The van der Waals surface area contributed by atoms with Gasteiger partial charge in [0.2, 0.25) is 0 Å². The lowest BCUT2D eigenvalue weighted by Crippen LogP contribution is -2.07. The van der Waals surface area contributed by atoms with E-state index in [2.05, 4.69) is 43.5 Å². The first-order valence-corrected chi connectivity index (χ1v) is 5.73. The van der Waals surface area contributed by atoms with Crippen molar-refractivity contribution in [2.75, 3.05) is 0 Å². The Morgan fingerprint density at radius 1 is 1.43 bits per heavy atom. The van der Waals surface area contributed by atoms with E-state index in [4.69, 9.17) is 0 Å². The summed E-state index contributed by atoms with van der Waals surface area (Å²) in [5.74, 6) is 0.632. The topological polar surface area (TPSA) is 17.8 Å². The molecule has 0 radical (unpaired) electrons. The molecule has 0 aliphatic carbocycles. The fourth-order valence-corrected chi connectivity index (χ4v) is 1.66. The second kappa shape index (κ2) is 5.18. The van der Waals surface area contributed by atoms with Gasteiger partial charge in [0.1, 0.15) is 0 Å². The maximum atomic E-state index is 4.53. The third kappa shape index (κ3) is 2.60. The molecule has 1 aromatic rings. The lowest BCUT2D eigenvalue weighted by molar-refractivity contribution is 0.521. The first kappa shape index (κ1) is 11.3. The summed E-state index contributed by atoms with van der Waals surface area (Å²) < 4.78 is 2.19. The average molecular weight is 194 g/mol. The molecule has 0 saturated heterocycles. The summed E-state index contributed by atoms with van der Waals surface area (Å²) in [6.07, 6.45) is 3.65. The van der Waals surface area contributed by atoms with Crippen molar-refractivity contribution in [2.24, 2.45) is 0 Å². The van der Waals surface area contributed by atoms with Crippen LogP contribution in [0, 0.1) is 6.92 Å². The Morgan fingerprint density at radius 2 is 2.14 bits per heavy atom. The lowest BCUT2D eigenvalue weighted by atomic mass is 10.0. The van der Waals surface area contributed by atoms with Crippen LogP contribution in [0.4, 0.5) is 0 Å². The standard InChI is InChI=1S/C12H22N2/c1-5-7-8-14-12(10(3)6-2)9-11(4)13-14/h9-10H,5-8H2,1-4H3. The second-order valence-electron chi connectivity index (χ2n) is 4.10. The molecular weight excluding hydrogens is 172 g/mol. The molecule has 80 valence electrons. The summed E-state index contributed by atoms with van der Waals surface area (Å²) in [6, 6.07) is 2.23. The number of rotatable bonds is 5. The van der Waals surface area contributed by atoms with E-state index < -0.39 is 0 Å². The molecule has 0 aliphatic heterocycles. The normalized spacial score (nSPS) is 13.1. The van der Waals surface area contributed by atoms with E-state index >= 15 is 0 Å². The molecule has 0 fully saturated rings. The van der Waals surface area contributed by atoms with Gasteiger partial charge in [-0.15, -0.1) is 0 Å². The first-order valence-electron chi connectivity index (χ1n) is 5.73. The predicted molar refractivity (Wildman–Crippen MR) is 60.6 cm³/mol. The van der Waals surface area contributed by atoms with Crippen molar-refractivity contribution in [3.63, 3.8) is 0 Å². The summed E-state index contributed by atoms with van der Waals surface area (Å²) in [7, 11) is 0. The minimum absolute atomic E-state index is 0.632. The fraction of sp³-hybridized carbons (Fsp3) is 0.750. The van der Waals surface area contributed by atoms with Crippen molar-refractivity contribution in [3.05, 3.63) is 17.5 Å². The average Bonchev–Trinajstić information content (AvgIpc) is 2.55. The van der Waals surface area contributed by atoms with E-state index in [9.17, 15) is 0 Å². The molecule has 14 heavy (non-hydrogen) atoms. The molecule has 0 spiro atoms. The molecule has 0 bridgehead atoms. The largest absolute Gasteiger partial charge is 0.269 e. The zero-order chi connectivity index (χ0) is 10.6. The smallest absolute Gasteiger partial charge is 0.0596 e. The van der Waals surface area contributed by atoms with Crippen molar-refractivity contribution < 1.29 is 0 Å². The Morgan fingerprint density at radius 3 is 2.71 bits per heavy atom. The summed E-state index contributed by atoms with van der Waals surface area (Å²) in [5, 5.41) is 4.53. The minimum Gasteiger partial charge on any atom is -0.269 e. The van der Waals surface area contributed by atoms with Crippen LogP contribution in [0.15, 0.2) is 6.07 Å². The van der Waals surface area contributed by atoms with Crippen molar-refractivity contribution in [1.29, 1.82) is 0 Å². The number of nitrogens with zero attached hydrogens (tertiary/aromatic N) is 2. The Kier molecular flexibility index (Phi) is 4.18. The Hall–Kier alpha value is -0.790. The molecular formula is C12H22N2. The fourth-order valence-electron chi connectivity index (χ4n) is 1.66. The quantitative estimate of drug-likeness (QED) is 0.701. The summed E-state index contributed by atoms with van der Waals surface area (Å²) in [4.78, 5) is 0. The van der Waals surface area contributed by atoms with Gasteiger partial charge in [-0.25, -0.2) is 0 Å². The van der Waals surface area contributed by atoms with Crippen LogP contribution in [0.3, 0.4) is 0 Å². The van der Waals surface area contributed by atoms with Gasteiger partial charge in [0.05, 0.1) is 5.69 Å². The Labute approximate surface area is 87.3 Å². The molecule has 0 amide bonds. The van der Waals surface area contributed by atoms with Crippen LogP contribution in [-0.4, -0.2) is 9.78 Å². The van der Waals surface area contributed by atoms with Gasteiger partial charge >= 0.3 is 0 Å². The highest BCUT2D eigenvalue weighted by atomic mass is 15.3. The summed E-state index contributed by atoms with van der Waals surface area (Å²) in [6.45, 7) is 9.88. The SMILES string of the molecule is CCCCn1nc(C)cc1C(C)CC. The van der Waals surface area contributed by atoms with E-state index in [1.807, 2.05) is 0 Å². The van der Waals surface area contributed by atoms with E-state index in [-0.39, 0.29) is 0 Å². The van der Waals surface area contributed by atoms with E-state index in [0.717, 1.165) is 12.2 Å². The van der Waals surface area contributed by atoms with Crippen molar-refractivity contribution in [2.45, 2.75) is 59.4 Å². The van der Waals surface area contributed by atoms with Gasteiger partial charge in [0.25, 0.3) is 0 Å². The Balaban J connectivity index is 2.79. The van der Waals surface area contributed by atoms with Gasteiger partial charge in [-0.1, -0.05) is 27.2 Å². The van der Waals surface area contributed by atoms with E-state index in [1.165, 1.54) is 25.0 Å². The molecule has 0 aromatic carbocycles.